The first-order chi connectivity index (χ1) is 11.2. The van der Waals surface area contributed by atoms with Crippen molar-refractivity contribution >= 4 is 20.9 Å². The molecule has 2 heterocycles. The highest BCUT2D eigenvalue weighted by molar-refractivity contribution is 7.90. The number of benzene rings is 1. The van der Waals surface area contributed by atoms with Crippen LogP contribution in [0, 0.1) is 11.6 Å². The van der Waals surface area contributed by atoms with E-state index in [4.69, 9.17) is 4.74 Å². The number of halogens is 2. The van der Waals surface area contributed by atoms with E-state index in [9.17, 15) is 22.0 Å². The molecule has 0 saturated carbocycles. The van der Waals surface area contributed by atoms with Gasteiger partial charge in [-0.25, -0.2) is 27.2 Å². The Bertz CT molecular complexity index is 1110. The Kier molecular flexibility index (Phi) is 3.76. The monoisotopic (exact) mass is 353 g/mol. The molecule has 3 rings (SSSR count). The maximum Gasteiger partial charge on any atom is 0.292 e. The van der Waals surface area contributed by atoms with Crippen molar-refractivity contribution in [3.63, 3.8) is 0 Å². The highest BCUT2D eigenvalue weighted by Crippen LogP contribution is 2.24. The summed E-state index contributed by atoms with van der Waals surface area (Å²) in [5, 5.41) is -0.164. The maximum absolute atomic E-state index is 13.6. The summed E-state index contributed by atoms with van der Waals surface area (Å²) in [5.74, 6) is -2.37. The molecule has 124 valence electrons. The van der Waals surface area contributed by atoms with E-state index in [0.29, 0.717) is 6.07 Å². The lowest BCUT2D eigenvalue weighted by Gasteiger charge is -2.07. The van der Waals surface area contributed by atoms with Gasteiger partial charge in [0.15, 0.2) is 17.3 Å². The Morgan fingerprint density at radius 1 is 1.17 bits per heavy atom. The zero-order valence-electron chi connectivity index (χ0n) is 12.1. The van der Waals surface area contributed by atoms with Gasteiger partial charge in [-0.2, -0.15) is 0 Å². The lowest BCUT2D eigenvalue weighted by molar-refractivity contribution is 0.433. The van der Waals surface area contributed by atoms with Crippen LogP contribution in [0.4, 0.5) is 8.78 Å². The number of ether oxygens (including phenoxy) is 1. The van der Waals surface area contributed by atoms with Gasteiger partial charge in [0, 0.05) is 23.9 Å². The molecule has 0 bridgehead atoms. The number of rotatable bonds is 3. The summed E-state index contributed by atoms with van der Waals surface area (Å²) in [7, 11) is -3.64. The van der Waals surface area contributed by atoms with Crippen molar-refractivity contribution < 1.29 is 21.9 Å². The lowest BCUT2D eigenvalue weighted by Crippen LogP contribution is -2.11. The first-order valence-corrected chi connectivity index (χ1v) is 8.36. The van der Waals surface area contributed by atoms with E-state index in [1.165, 1.54) is 12.3 Å². The molecule has 0 aliphatic rings. The fourth-order valence-corrected chi connectivity index (χ4v) is 2.39. The minimum atomic E-state index is -3.64. The van der Waals surface area contributed by atoms with Crippen LogP contribution in [0.25, 0.3) is 11.0 Å². The largest absolute Gasteiger partial charge is 0.448 e. The molecule has 7 nitrogen and oxygen atoms in total. The average molecular weight is 353 g/mol. The Morgan fingerprint density at radius 2 is 1.92 bits per heavy atom. The Hall–Kier alpha value is -2.88. The lowest BCUT2D eigenvalue weighted by atomic mass is 10.3. The summed E-state index contributed by atoms with van der Waals surface area (Å²) in [6.07, 6.45) is 2.11. The highest BCUT2D eigenvalue weighted by Gasteiger charge is 2.14. The molecule has 0 aliphatic heterocycles. The topological polar surface area (TPSA) is 102 Å². The summed E-state index contributed by atoms with van der Waals surface area (Å²) in [6.45, 7) is 0. The first-order valence-electron chi connectivity index (χ1n) is 6.47. The van der Waals surface area contributed by atoms with Gasteiger partial charge in [-0.05, 0) is 18.2 Å². The average Bonchev–Trinajstić information content (AvgIpc) is 2.49. The smallest absolute Gasteiger partial charge is 0.292 e. The van der Waals surface area contributed by atoms with Crippen LogP contribution in [0.5, 0.6) is 11.5 Å². The SMILES string of the molecule is CS(=O)(=O)c1ncc2cc(Oc3ccc(F)cc3F)c(=O)[nH]c2n1. The molecule has 0 unspecified atom stereocenters. The normalized spacial score (nSPS) is 11.6. The van der Waals surface area contributed by atoms with Crippen LogP contribution in [0.15, 0.2) is 40.4 Å². The molecule has 2 aromatic heterocycles. The number of hydrogen-bond acceptors (Lipinski definition) is 6. The minimum absolute atomic E-state index is 0.0117. The summed E-state index contributed by atoms with van der Waals surface area (Å²) in [5.41, 5.74) is -0.772. The predicted molar refractivity (Wildman–Crippen MR) is 79.7 cm³/mol. The molecule has 1 aromatic carbocycles. The van der Waals surface area contributed by atoms with Crippen LogP contribution in [0.2, 0.25) is 0 Å². The van der Waals surface area contributed by atoms with Crippen molar-refractivity contribution in [2.24, 2.45) is 0 Å². The zero-order chi connectivity index (χ0) is 17.5. The number of aromatic nitrogens is 3. The van der Waals surface area contributed by atoms with Gasteiger partial charge in [-0.3, -0.25) is 4.79 Å². The van der Waals surface area contributed by atoms with Crippen LogP contribution in [0.3, 0.4) is 0 Å². The van der Waals surface area contributed by atoms with Gasteiger partial charge >= 0.3 is 0 Å². The van der Waals surface area contributed by atoms with Gasteiger partial charge < -0.3 is 9.72 Å². The second kappa shape index (κ2) is 5.64. The van der Waals surface area contributed by atoms with Crippen LogP contribution in [-0.4, -0.2) is 29.6 Å². The van der Waals surface area contributed by atoms with Crippen molar-refractivity contribution in [2.75, 3.05) is 6.26 Å². The van der Waals surface area contributed by atoms with Crippen molar-refractivity contribution in [2.45, 2.75) is 5.16 Å². The fraction of sp³-hybridized carbons (Fsp3) is 0.0714. The number of pyridine rings is 1. The molecule has 0 atom stereocenters. The van der Waals surface area contributed by atoms with E-state index in [1.54, 1.807) is 0 Å². The molecule has 3 aromatic rings. The third kappa shape index (κ3) is 3.08. The molecular weight excluding hydrogens is 344 g/mol. The van der Waals surface area contributed by atoms with E-state index in [0.717, 1.165) is 18.4 Å². The van der Waals surface area contributed by atoms with Crippen LogP contribution in [0.1, 0.15) is 0 Å². The van der Waals surface area contributed by atoms with Gasteiger partial charge in [-0.15, -0.1) is 0 Å². The number of hydrogen-bond donors (Lipinski definition) is 1. The van der Waals surface area contributed by atoms with E-state index < -0.39 is 32.2 Å². The third-order valence-electron chi connectivity index (χ3n) is 2.98. The number of H-pyrrole nitrogens is 1. The van der Waals surface area contributed by atoms with E-state index in [-0.39, 0.29) is 22.5 Å². The van der Waals surface area contributed by atoms with Crippen molar-refractivity contribution in [1.82, 2.24) is 15.0 Å². The number of fused-ring (bicyclic) bond motifs is 1. The van der Waals surface area contributed by atoms with Gasteiger partial charge in [0.25, 0.3) is 5.56 Å². The van der Waals surface area contributed by atoms with Crippen LogP contribution < -0.4 is 10.3 Å². The van der Waals surface area contributed by atoms with Crippen molar-refractivity contribution in [3.8, 4) is 11.5 Å². The van der Waals surface area contributed by atoms with Crippen LogP contribution >= 0.6 is 0 Å². The predicted octanol–water partition coefficient (Wildman–Crippen LogP) is 1.79. The van der Waals surface area contributed by atoms with E-state index in [2.05, 4.69) is 15.0 Å². The summed E-state index contributed by atoms with van der Waals surface area (Å²) < 4.78 is 54.5. The van der Waals surface area contributed by atoms with Crippen molar-refractivity contribution in [3.05, 3.63) is 52.5 Å². The second-order valence-corrected chi connectivity index (χ2v) is 6.78. The molecule has 10 heteroatoms. The zero-order valence-corrected chi connectivity index (χ0v) is 12.9. The second-order valence-electron chi connectivity index (χ2n) is 4.87. The molecule has 1 N–H and O–H groups in total. The van der Waals surface area contributed by atoms with E-state index in [1.807, 2.05) is 0 Å². The molecule has 0 spiro atoms. The molecule has 24 heavy (non-hydrogen) atoms. The maximum atomic E-state index is 13.6. The van der Waals surface area contributed by atoms with E-state index >= 15 is 0 Å². The standard InChI is InChI=1S/C14H9F2N3O4S/c1-24(21,22)14-17-6-7-4-11(13(20)18-12(7)19-14)23-10-3-2-8(15)5-9(10)16/h2-6H,1H3,(H,17,18,19,20). The third-order valence-corrected chi connectivity index (χ3v) is 3.84. The highest BCUT2D eigenvalue weighted by atomic mass is 32.2. The van der Waals surface area contributed by atoms with Gasteiger partial charge in [-0.1, -0.05) is 0 Å². The van der Waals surface area contributed by atoms with Gasteiger partial charge in [0.2, 0.25) is 15.0 Å². The minimum Gasteiger partial charge on any atom is -0.448 e. The molecule has 0 amide bonds. The quantitative estimate of drug-likeness (QED) is 0.720. The Labute approximate surface area is 133 Å². The molecule has 0 fully saturated rings. The van der Waals surface area contributed by atoms with Crippen molar-refractivity contribution in [1.29, 1.82) is 0 Å². The number of sulfone groups is 1. The van der Waals surface area contributed by atoms with Gasteiger partial charge in [0.1, 0.15) is 11.5 Å². The number of aromatic amines is 1. The number of nitrogens with one attached hydrogen (secondary N) is 1. The molecule has 0 radical (unpaired) electrons. The number of nitrogens with zero attached hydrogens (tertiary/aromatic N) is 2. The molecular formula is C14H9F2N3O4S. The summed E-state index contributed by atoms with van der Waals surface area (Å²) in [4.78, 5) is 21.8. The van der Waals surface area contributed by atoms with Crippen LogP contribution in [-0.2, 0) is 9.84 Å². The Morgan fingerprint density at radius 3 is 2.58 bits per heavy atom. The molecule has 0 aliphatic carbocycles. The molecule has 0 saturated heterocycles. The summed E-state index contributed by atoms with van der Waals surface area (Å²) in [6, 6.07) is 3.86. The first kappa shape index (κ1) is 16.0. The van der Waals surface area contributed by atoms with Gasteiger partial charge in [0.05, 0.1) is 0 Å². The Balaban J connectivity index is 2.07. The fourth-order valence-electron chi connectivity index (χ4n) is 1.89. The summed E-state index contributed by atoms with van der Waals surface area (Å²) >= 11 is 0.